The van der Waals surface area contributed by atoms with Crippen LogP contribution in [0.15, 0.2) is 36.4 Å². The van der Waals surface area contributed by atoms with Crippen LogP contribution in [0.5, 0.6) is 11.5 Å². The quantitative estimate of drug-likeness (QED) is 0.397. The molecule has 0 aliphatic heterocycles. The van der Waals surface area contributed by atoms with Gasteiger partial charge in [-0.05, 0) is 24.1 Å². The first-order valence-corrected chi connectivity index (χ1v) is 7.85. The maximum atomic E-state index is 11.2. The molecule has 110 valence electrons. The molecule has 0 radical (unpaired) electrons. The van der Waals surface area contributed by atoms with Gasteiger partial charge in [0.15, 0.2) is 0 Å². The molecule has 2 aromatic rings. The Morgan fingerprint density at radius 3 is 2.71 bits per heavy atom. The molecule has 0 aromatic heterocycles. The summed E-state index contributed by atoms with van der Waals surface area (Å²) in [5.41, 5.74) is 1.65. The fourth-order valence-electron chi connectivity index (χ4n) is 1.89. The Hall–Kier alpha value is -1.59. The summed E-state index contributed by atoms with van der Waals surface area (Å²) in [4.78, 5) is 10.8. The fourth-order valence-corrected chi connectivity index (χ4v) is 2.57. The molecule has 6 heteroatoms. The van der Waals surface area contributed by atoms with Crippen LogP contribution in [-0.2, 0) is 11.8 Å². The van der Waals surface area contributed by atoms with Crippen molar-refractivity contribution in [2.75, 3.05) is 0 Å². The maximum absolute atomic E-state index is 11.2. The minimum atomic E-state index is -0.445. The smallest absolute Gasteiger partial charge is 0.311 e. The lowest BCUT2D eigenvalue weighted by Crippen LogP contribution is -1.97. The van der Waals surface area contributed by atoms with E-state index in [0.29, 0.717) is 16.1 Å². The number of benzene rings is 2. The highest BCUT2D eigenvalue weighted by Gasteiger charge is 2.18. The van der Waals surface area contributed by atoms with Gasteiger partial charge in [0.25, 0.3) is 0 Å². The predicted octanol–water partition coefficient (Wildman–Crippen LogP) is 5.50. The van der Waals surface area contributed by atoms with Gasteiger partial charge >= 0.3 is 5.69 Å². The second-order valence-electron chi connectivity index (χ2n) is 4.38. The summed E-state index contributed by atoms with van der Waals surface area (Å²) in [6.07, 6.45) is 0.722. The van der Waals surface area contributed by atoms with Gasteiger partial charge < -0.3 is 4.74 Å². The van der Waals surface area contributed by atoms with Gasteiger partial charge in [0, 0.05) is 17.0 Å². The second kappa shape index (κ2) is 6.91. The summed E-state index contributed by atoms with van der Waals surface area (Å²) >= 11 is 9.49. The summed E-state index contributed by atoms with van der Waals surface area (Å²) in [6, 6.07) is 10.3. The van der Waals surface area contributed by atoms with Gasteiger partial charge in [-0.15, -0.1) is 0 Å². The summed E-state index contributed by atoms with van der Waals surface area (Å²) in [5.74, 6) is 0.621. The number of nitro benzene ring substituents is 1. The van der Waals surface area contributed by atoms with E-state index in [4.69, 9.17) is 16.3 Å². The van der Waals surface area contributed by atoms with Crippen molar-refractivity contribution in [3.05, 3.63) is 62.7 Å². The lowest BCUT2D eigenvalue weighted by atomic mass is 10.1. The highest BCUT2D eigenvalue weighted by molar-refractivity contribution is 9.08. The van der Waals surface area contributed by atoms with Crippen molar-refractivity contribution in [1.29, 1.82) is 0 Å². The van der Waals surface area contributed by atoms with Gasteiger partial charge in [-0.2, -0.15) is 0 Å². The summed E-state index contributed by atoms with van der Waals surface area (Å²) in [7, 11) is 0. The topological polar surface area (TPSA) is 52.4 Å². The number of para-hydroxylation sites is 1. The molecule has 0 fully saturated rings. The van der Waals surface area contributed by atoms with Crippen molar-refractivity contribution < 1.29 is 9.66 Å². The largest absolute Gasteiger partial charge is 0.448 e. The molecule has 0 bridgehead atoms. The zero-order valence-corrected chi connectivity index (χ0v) is 13.6. The van der Waals surface area contributed by atoms with Gasteiger partial charge in [-0.3, -0.25) is 10.1 Å². The van der Waals surface area contributed by atoms with E-state index in [-0.39, 0.29) is 11.4 Å². The molecule has 4 nitrogen and oxygen atoms in total. The first-order chi connectivity index (χ1) is 10.1. The Morgan fingerprint density at radius 1 is 1.33 bits per heavy atom. The van der Waals surface area contributed by atoms with Crippen LogP contribution < -0.4 is 4.74 Å². The molecule has 0 saturated carbocycles. The Balaban J connectivity index is 2.47. The van der Waals surface area contributed by atoms with E-state index >= 15 is 0 Å². The Kier molecular flexibility index (Phi) is 5.20. The molecule has 0 amide bonds. The highest BCUT2D eigenvalue weighted by Crippen LogP contribution is 2.38. The number of ether oxygens (including phenoxy) is 1. The monoisotopic (exact) mass is 369 g/mol. The standard InChI is InChI=1S/C15H13BrClNO3/c1-2-10-6-7-14(13(8-10)18(19)20)21-15-11(9-16)4-3-5-12(15)17/h3-8H,2,9H2,1H3. The number of rotatable bonds is 5. The Morgan fingerprint density at radius 2 is 2.10 bits per heavy atom. The van der Waals surface area contributed by atoms with Gasteiger partial charge in [-0.1, -0.05) is 52.7 Å². The molecule has 0 heterocycles. The average molecular weight is 371 g/mol. The molecule has 2 aromatic carbocycles. The minimum absolute atomic E-state index is 0.0604. The summed E-state index contributed by atoms with van der Waals surface area (Å²) in [5, 5.41) is 12.2. The van der Waals surface area contributed by atoms with Crippen LogP contribution in [0, 0.1) is 10.1 Å². The van der Waals surface area contributed by atoms with Gasteiger partial charge in [0.1, 0.15) is 5.75 Å². The van der Waals surface area contributed by atoms with E-state index in [2.05, 4.69) is 15.9 Å². The van der Waals surface area contributed by atoms with Gasteiger partial charge in [0.05, 0.1) is 9.95 Å². The van der Waals surface area contributed by atoms with E-state index in [1.54, 1.807) is 18.2 Å². The zero-order valence-electron chi connectivity index (χ0n) is 11.3. The third-order valence-corrected chi connectivity index (χ3v) is 3.93. The van der Waals surface area contributed by atoms with Crippen LogP contribution in [0.25, 0.3) is 0 Å². The van der Waals surface area contributed by atoms with Crippen molar-refractivity contribution in [2.45, 2.75) is 18.7 Å². The number of halogens is 2. The fraction of sp³-hybridized carbons (Fsp3) is 0.200. The molecule has 0 aliphatic rings. The van der Waals surface area contributed by atoms with Crippen molar-refractivity contribution in [2.24, 2.45) is 0 Å². The Bertz CT molecular complexity index is 676. The third kappa shape index (κ3) is 3.54. The number of hydrogen-bond donors (Lipinski definition) is 0. The van der Waals surface area contributed by atoms with Crippen molar-refractivity contribution in [3.63, 3.8) is 0 Å². The normalized spacial score (nSPS) is 10.4. The van der Waals surface area contributed by atoms with Crippen LogP contribution in [0.2, 0.25) is 5.02 Å². The molecule has 2 rings (SSSR count). The van der Waals surface area contributed by atoms with E-state index in [9.17, 15) is 10.1 Å². The number of hydrogen-bond acceptors (Lipinski definition) is 3. The van der Waals surface area contributed by atoms with Gasteiger partial charge in [0.2, 0.25) is 5.75 Å². The molecule has 0 atom stereocenters. The predicted molar refractivity (Wildman–Crippen MR) is 86.6 cm³/mol. The molecule has 21 heavy (non-hydrogen) atoms. The first-order valence-electron chi connectivity index (χ1n) is 6.35. The molecule has 0 N–H and O–H groups in total. The van der Waals surface area contributed by atoms with E-state index in [0.717, 1.165) is 17.5 Å². The van der Waals surface area contributed by atoms with Crippen LogP contribution in [0.1, 0.15) is 18.1 Å². The molecule has 0 aliphatic carbocycles. The van der Waals surface area contributed by atoms with Gasteiger partial charge in [-0.25, -0.2) is 0 Å². The molecular formula is C15H13BrClNO3. The minimum Gasteiger partial charge on any atom is -0.448 e. The van der Waals surface area contributed by atoms with Crippen LogP contribution in [0.3, 0.4) is 0 Å². The SMILES string of the molecule is CCc1ccc(Oc2c(Cl)cccc2CBr)c([N+](=O)[O-])c1. The lowest BCUT2D eigenvalue weighted by molar-refractivity contribution is -0.385. The second-order valence-corrected chi connectivity index (χ2v) is 5.34. The summed E-state index contributed by atoms with van der Waals surface area (Å²) in [6.45, 7) is 1.94. The molecule has 0 spiro atoms. The number of alkyl halides is 1. The van der Waals surface area contributed by atoms with Crippen molar-refractivity contribution >= 4 is 33.2 Å². The zero-order chi connectivity index (χ0) is 15.4. The molecule has 0 saturated heterocycles. The average Bonchev–Trinajstić information content (AvgIpc) is 2.49. The van der Waals surface area contributed by atoms with Crippen molar-refractivity contribution in [1.82, 2.24) is 0 Å². The number of aryl methyl sites for hydroxylation is 1. The van der Waals surface area contributed by atoms with E-state index in [1.807, 2.05) is 19.1 Å². The molecule has 0 unspecified atom stereocenters. The van der Waals surface area contributed by atoms with Crippen LogP contribution in [0.4, 0.5) is 5.69 Å². The maximum Gasteiger partial charge on any atom is 0.311 e. The highest BCUT2D eigenvalue weighted by atomic mass is 79.9. The van der Waals surface area contributed by atoms with Crippen LogP contribution in [-0.4, -0.2) is 4.92 Å². The van der Waals surface area contributed by atoms with Crippen LogP contribution >= 0.6 is 27.5 Å². The summed E-state index contributed by atoms with van der Waals surface area (Å²) < 4.78 is 5.72. The Labute approximate surface area is 136 Å². The lowest BCUT2D eigenvalue weighted by Gasteiger charge is -2.12. The first kappa shape index (κ1) is 15.8. The van der Waals surface area contributed by atoms with E-state index in [1.165, 1.54) is 6.07 Å². The van der Waals surface area contributed by atoms with E-state index < -0.39 is 4.92 Å². The molecular weight excluding hydrogens is 358 g/mol. The number of nitro groups is 1. The number of nitrogens with zero attached hydrogens (tertiary/aromatic N) is 1. The van der Waals surface area contributed by atoms with Crippen molar-refractivity contribution in [3.8, 4) is 11.5 Å². The third-order valence-electron chi connectivity index (χ3n) is 3.03.